The summed E-state index contributed by atoms with van der Waals surface area (Å²) in [5, 5.41) is 0. The molecule has 1 unspecified atom stereocenters. The van der Waals surface area contributed by atoms with E-state index in [-0.39, 0.29) is 17.1 Å². The Morgan fingerprint density at radius 3 is 2.19 bits per heavy atom. The number of fused-ring (bicyclic) bond motifs is 1. The van der Waals surface area contributed by atoms with Crippen LogP contribution < -0.4 is 0 Å². The molecule has 2 aromatic rings. The van der Waals surface area contributed by atoms with Crippen molar-refractivity contribution in [3.63, 3.8) is 0 Å². The minimum absolute atomic E-state index is 0.120. The fraction of sp³-hybridized carbons (Fsp3) is 0.350. The van der Waals surface area contributed by atoms with Crippen LogP contribution in [0, 0.1) is 5.92 Å². The Kier molecular flexibility index (Phi) is 3.24. The van der Waals surface area contributed by atoms with Gasteiger partial charge in [-0.15, -0.1) is 0 Å². The Morgan fingerprint density at radius 1 is 0.952 bits per heavy atom. The highest BCUT2D eigenvalue weighted by Crippen LogP contribution is 2.35. The zero-order valence-corrected chi connectivity index (χ0v) is 13.2. The van der Waals surface area contributed by atoms with Crippen molar-refractivity contribution in [2.75, 3.05) is 0 Å². The third-order valence-corrected chi connectivity index (χ3v) is 4.46. The monoisotopic (exact) mass is 278 g/mol. The van der Waals surface area contributed by atoms with Gasteiger partial charge in [0.1, 0.15) is 0 Å². The van der Waals surface area contributed by atoms with Gasteiger partial charge in [0.15, 0.2) is 5.78 Å². The first-order chi connectivity index (χ1) is 9.88. The Balaban J connectivity index is 2.05. The number of carbonyl (C=O) groups excluding carboxylic acids is 1. The molecule has 2 aromatic carbocycles. The number of benzene rings is 2. The van der Waals surface area contributed by atoms with Crippen LogP contribution in [0.3, 0.4) is 0 Å². The molecule has 0 saturated heterocycles. The molecule has 0 saturated carbocycles. The first-order valence-corrected chi connectivity index (χ1v) is 7.65. The van der Waals surface area contributed by atoms with Gasteiger partial charge in [-0.25, -0.2) is 0 Å². The van der Waals surface area contributed by atoms with Crippen LogP contribution in [0.25, 0.3) is 11.1 Å². The van der Waals surface area contributed by atoms with Crippen molar-refractivity contribution in [1.29, 1.82) is 0 Å². The molecule has 0 aromatic heterocycles. The van der Waals surface area contributed by atoms with Crippen LogP contribution in [0.15, 0.2) is 42.5 Å². The smallest absolute Gasteiger partial charge is 0.166 e. The number of rotatable bonds is 1. The summed E-state index contributed by atoms with van der Waals surface area (Å²) in [4.78, 5) is 12.2. The van der Waals surface area contributed by atoms with E-state index in [1.54, 1.807) is 0 Å². The van der Waals surface area contributed by atoms with Gasteiger partial charge in [-0.2, -0.15) is 0 Å². The number of Topliss-reactive ketones (excluding diaryl/α,β-unsaturated/α-hetero) is 1. The summed E-state index contributed by atoms with van der Waals surface area (Å²) in [5.41, 5.74) is 6.07. The van der Waals surface area contributed by atoms with Crippen LogP contribution in [-0.2, 0) is 11.8 Å². The van der Waals surface area contributed by atoms with Crippen LogP contribution in [0.1, 0.15) is 49.2 Å². The molecule has 108 valence electrons. The third-order valence-electron chi connectivity index (χ3n) is 4.46. The number of hydrogen-bond acceptors (Lipinski definition) is 1. The number of hydrogen-bond donors (Lipinski definition) is 0. The second-order valence-corrected chi connectivity index (χ2v) is 7.13. The first-order valence-electron chi connectivity index (χ1n) is 7.65. The zero-order chi connectivity index (χ0) is 15.2. The molecule has 1 nitrogen and oxygen atoms in total. The molecule has 0 N–H and O–H groups in total. The van der Waals surface area contributed by atoms with E-state index in [2.05, 4.69) is 51.1 Å². The lowest BCUT2D eigenvalue weighted by molar-refractivity contribution is 0.0946. The normalized spacial score (nSPS) is 17.9. The van der Waals surface area contributed by atoms with Crippen LogP contribution in [0.4, 0.5) is 0 Å². The van der Waals surface area contributed by atoms with E-state index in [0.717, 1.165) is 12.0 Å². The lowest BCUT2D eigenvalue weighted by Gasteiger charge is -2.19. The van der Waals surface area contributed by atoms with Gasteiger partial charge in [-0.3, -0.25) is 4.79 Å². The second kappa shape index (κ2) is 4.84. The molecule has 0 bridgehead atoms. The summed E-state index contributed by atoms with van der Waals surface area (Å²) in [5.74, 6) is 0.410. The number of ketones is 1. The Morgan fingerprint density at radius 2 is 1.57 bits per heavy atom. The highest BCUT2D eigenvalue weighted by molar-refractivity contribution is 6.03. The Labute approximate surface area is 127 Å². The lowest BCUT2D eigenvalue weighted by Crippen LogP contribution is -2.10. The quantitative estimate of drug-likeness (QED) is 0.715. The molecule has 0 spiro atoms. The first kappa shape index (κ1) is 14.1. The molecule has 0 amide bonds. The molecule has 1 heteroatoms. The molecule has 0 aliphatic heterocycles. The predicted molar refractivity (Wildman–Crippen MR) is 87.8 cm³/mol. The van der Waals surface area contributed by atoms with Crippen LogP contribution in [0.2, 0.25) is 0 Å². The molecular weight excluding hydrogens is 256 g/mol. The van der Waals surface area contributed by atoms with Gasteiger partial charge in [-0.1, -0.05) is 70.2 Å². The molecule has 1 atom stereocenters. The Hall–Kier alpha value is -1.89. The van der Waals surface area contributed by atoms with E-state index < -0.39 is 0 Å². The minimum Gasteiger partial charge on any atom is -0.294 e. The maximum Gasteiger partial charge on any atom is 0.166 e. The van der Waals surface area contributed by atoms with Crippen molar-refractivity contribution in [2.24, 2.45) is 5.92 Å². The highest BCUT2D eigenvalue weighted by Gasteiger charge is 2.28. The van der Waals surface area contributed by atoms with Crippen molar-refractivity contribution in [2.45, 2.75) is 39.5 Å². The lowest BCUT2D eigenvalue weighted by atomic mass is 9.86. The minimum atomic E-state index is 0.120. The van der Waals surface area contributed by atoms with Crippen LogP contribution >= 0.6 is 0 Å². The molecule has 3 rings (SSSR count). The summed E-state index contributed by atoms with van der Waals surface area (Å²) in [6.45, 7) is 8.70. The SMILES string of the molecule is CC1Cc2c(cccc2-c2ccc(C(C)(C)C)cc2)C1=O. The topological polar surface area (TPSA) is 17.1 Å². The zero-order valence-electron chi connectivity index (χ0n) is 13.2. The maximum atomic E-state index is 12.2. The molecule has 0 radical (unpaired) electrons. The van der Waals surface area contributed by atoms with E-state index in [0.29, 0.717) is 0 Å². The summed E-state index contributed by atoms with van der Waals surface area (Å²) in [6, 6.07) is 14.9. The third kappa shape index (κ3) is 2.42. The Bertz CT molecular complexity index is 687. The molecule has 21 heavy (non-hydrogen) atoms. The van der Waals surface area contributed by atoms with Gasteiger partial charge in [0.25, 0.3) is 0 Å². The van der Waals surface area contributed by atoms with E-state index in [1.165, 1.54) is 22.3 Å². The maximum absolute atomic E-state index is 12.2. The van der Waals surface area contributed by atoms with Gasteiger partial charge in [0.2, 0.25) is 0 Å². The van der Waals surface area contributed by atoms with E-state index in [1.807, 2.05) is 19.1 Å². The van der Waals surface area contributed by atoms with Crippen molar-refractivity contribution in [1.82, 2.24) is 0 Å². The van der Waals surface area contributed by atoms with Gasteiger partial charge in [0.05, 0.1) is 0 Å². The van der Waals surface area contributed by atoms with Crippen LogP contribution in [0.5, 0.6) is 0 Å². The van der Waals surface area contributed by atoms with Gasteiger partial charge < -0.3 is 0 Å². The average molecular weight is 278 g/mol. The molecule has 0 fully saturated rings. The largest absolute Gasteiger partial charge is 0.294 e. The van der Waals surface area contributed by atoms with Crippen molar-refractivity contribution in [3.05, 3.63) is 59.2 Å². The van der Waals surface area contributed by atoms with Gasteiger partial charge in [0, 0.05) is 11.5 Å². The summed E-state index contributed by atoms with van der Waals surface area (Å²) in [6.07, 6.45) is 0.866. The fourth-order valence-corrected chi connectivity index (χ4v) is 3.12. The molecule has 1 aliphatic rings. The summed E-state index contributed by atoms with van der Waals surface area (Å²) in [7, 11) is 0. The van der Waals surface area contributed by atoms with E-state index in [4.69, 9.17) is 0 Å². The summed E-state index contributed by atoms with van der Waals surface area (Å²) < 4.78 is 0. The van der Waals surface area contributed by atoms with E-state index >= 15 is 0 Å². The summed E-state index contributed by atoms with van der Waals surface area (Å²) >= 11 is 0. The molecule has 1 aliphatic carbocycles. The predicted octanol–water partition coefficient (Wildman–Crippen LogP) is 5.03. The molecule has 0 heterocycles. The standard InChI is InChI=1S/C20H22O/c1-13-12-18-16(6-5-7-17(18)19(13)21)14-8-10-15(11-9-14)20(2,3)4/h5-11,13H,12H2,1-4H3. The second-order valence-electron chi connectivity index (χ2n) is 7.13. The van der Waals surface area contributed by atoms with Crippen LogP contribution in [-0.4, -0.2) is 5.78 Å². The van der Waals surface area contributed by atoms with Crippen molar-refractivity contribution < 1.29 is 4.79 Å². The number of carbonyl (C=O) groups is 1. The average Bonchev–Trinajstić information content (AvgIpc) is 2.74. The van der Waals surface area contributed by atoms with Crippen molar-refractivity contribution in [3.8, 4) is 11.1 Å². The molecular formula is C20H22O. The highest BCUT2D eigenvalue weighted by atomic mass is 16.1. The van der Waals surface area contributed by atoms with Gasteiger partial charge in [-0.05, 0) is 34.1 Å². The van der Waals surface area contributed by atoms with Crippen molar-refractivity contribution >= 4 is 5.78 Å². The fourth-order valence-electron chi connectivity index (χ4n) is 3.12. The van der Waals surface area contributed by atoms with Gasteiger partial charge >= 0.3 is 0 Å². The van der Waals surface area contributed by atoms with E-state index in [9.17, 15) is 4.79 Å².